The summed E-state index contributed by atoms with van der Waals surface area (Å²) in [5.74, 6) is 0. The van der Waals surface area contributed by atoms with Gasteiger partial charge in [0.05, 0.1) is 6.10 Å². The minimum absolute atomic E-state index is 0.0923. The number of nitrogens with one attached hydrogen (secondary N) is 1. The van der Waals surface area contributed by atoms with Gasteiger partial charge in [-0.1, -0.05) is 51.9 Å². The topological polar surface area (TPSA) is 32.3 Å². The summed E-state index contributed by atoms with van der Waals surface area (Å²) in [4.78, 5) is 0. The third-order valence-electron chi connectivity index (χ3n) is 3.65. The third kappa shape index (κ3) is 6.49. The van der Waals surface area contributed by atoms with E-state index in [9.17, 15) is 5.11 Å². The van der Waals surface area contributed by atoms with E-state index in [0.717, 1.165) is 19.4 Å². The van der Waals surface area contributed by atoms with Gasteiger partial charge in [-0.3, -0.25) is 0 Å². The lowest BCUT2D eigenvalue weighted by atomic mass is 9.97. The maximum atomic E-state index is 9.36. The standard InChI is InChI=1S/C14H29NO/c1-2-3-4-5-6-7-8-9-13-10-11-14(16)12-15-13/h13-16H,2-12H2,1H3/t13-,14+/m1/s1. The lowest BCUT2D eigenvalue weighted by molar-refractivity contribution is 0.124. The number of aliphatic hydroxyl groups excluding tert-OH is 1. The molecule has 96 valence electrons. The van der Waals surface area contributed by atoms with Gasteiger partial charge in [0.15, 0.2) is 0 Å². The molecule has 1 aliphatic heterocycles. The molecule has 1 rings (SSSR count). The lowest BCUT2D eigenvalue weighted by Crippen LogP contribution is -2.41. The van der Waals surface area contributed by atoms with Crippen molar-refractivity contribution in [2.75, 3.05) is 6.54 Å². The van der Waals surface area contributed by atoms with Crippen molar-refractivity contribution < 1.29 is 5.11 Å². The SMILES string of the molecule is CCCCCCCCC[C@@H]1CC[C@H](O)CN1. The van der Waals surface area contributed by atoms with Crippen molar-refractivity contribution in [2.24, 2.45) is 0 Å². The van der Waals surface area contributed by atoms with Gasteiger partial charge in [-0.15, -0.1) is 0 Å². The average molecular weight is 227 g/mol. The number of hydrogen-bond acceptors (Lipinski definition) is 2. The Hall–Kier alpha value is -0.0800. The minimum atomic E-state index is -0.0923. The quantitative estimate of drug-likeness (QED) is 0.624. The Labute approximate surface area is 101 Å². The molecule has 1 fully saturated rings. The Morgan fingerprint density at radius 1 is 1.00 bits per heavy atom. The Bertz CT molecular complexity index is 153. The fourth-order valence-corrected chi connectivity index (χ4v) is 2.49. The summed E-state index contributed by atoms with van der Waals surface area (Å²) in [7, 11) is 0. The van der Waals surface area contributed by atoms with Crippen LogP contribution in [0, 0.1) is 0 Å². The van der Waals surface area contributed by atoms with Crippen molar-refractivity contribution in [3.8, 4) is 0 Å². The molecule has 2 N–H and O–H groups in total. The smallest absolute Gasteiger partial charge is 0.0665 e. The highest BCUT2D eigenvalue weighted by Gasteiger charge is 2.17. The second-order valence-electron chi connectivity index (χ2n) is 5.25. The molecule has 1 heterocycles. The summed E-state index contributed by atoms with van der Waals surface area (Å²) >= 11 is 0. The first-order valence-corrected chi connectivity index (χ1v) is 7.24. The minimum Gasteiger partial charge on any atom is -0.392 e. The summed E-state index contributed by atoms with van der Waals surface area (Å²) < 4.78 is 0. The Morgan fingerprint density at radius 3 is 2.31 bits per heavy atom. The first-order valence-electron chi connectivity index (χ1n) is 7.24. The van der Waals surface area contributed by atoms with Crippen molar-refractivity contribution in [2.45, 2.75) is 83.3 Å². The number of β-amino-alcohol motifs (C(OH)–C–C–N with tert-alkyl or cyclic N) is 1. The van der Waals surface area contributed by atoms with Crippen LogP contribution >= 0.6 is 0 Å². The molecule has 0 radical (unpaired) electrons. The Morgan fingerprint density at radius 2 is 1.69 bits per heavy atom. The van der Waals surface area contributed by atoms with Gasteiger partial charge in [0.2, 0.25) is 0 Å². The number of unbranched alkanes of at least 4 members (excludes halogenated alkanes) is 6. The molecule has 0 aromatic heterocycles. The van der Waals surface area contributed by atoms with Crippen molar-refractivity contribution in [1.82, 2.24) is 5.32 Å². The van der Waals surface area contributed by atoms with Crippen molar-refractivity contribution in [3.63, 3.8) is 0 Å². The fourth-order valence-electron chi connectivity index (χ4n) is 2.49. The normalized spacial score (nSPS) is 25.9. The molecular weight excluding hydrogens is 198 g/mol. The zero-order valence-electron chi connectivity index (χ0n) is 10.9. The molecule has 16 heavy (non-hydrogen) atoms. The van der Waals surface area contributed by atoms with Crippen LogP contribution in [0.5, 0.6) is 0 Å². The van der Waals surface area contributed by atoms with Crippen molar-refractivity contribution in [1.29, 1.82) is 0 Å². The number of hydrogen-bond donors (Lipinski definition) is 2. The van der Waals surface area contributed by atoms with Crippen LogP contribution in [0.1, 0.15) is 71.1 Å². The highest BCUT2D eigenvalue weighted by atomic mass is 16.3. The van der Waals surface area contributed by atoms with E-state index in [1.807, 2.05) is 0 Å². The number of aliphatic hydroxyl groups is 1. The molecule has 0 unspecified atom stereocenters. The lowest BCUT2D eigenvalue weighted by Gasteiger charge is -2.26. The summed E-state index contributed by atoms with van der Waals surface area (Å²) in [6.45, 7) is 3.07. The van der Waals surface area contributed by atoms with Gasteiger partial charge < -0.3 is 10.4 Å². The summed E-state index contributed by atoms with van der Waals surface area (Å²) in [6, 6.07) is 0.680. The van der Waals surface area contributed by atoms with Crippen LogP contribution in [0.4, 0.5) is 0 Å². The molecule has 2 heteroatoms. The first-order chi connectivity index (χ1) is 7.83. The zero-order chi connectivity index (χ0) is 11.6. The molecule has 2 nitrogen and oxygen atoms in total. The summed E-state index contributed by atoms with van der Waals surface area (Å²) in [5.41, 5.74) is 0. The van der Waals surface area contributed by atoms with E-state index < -0.39 is 0 Å². The van der Waals surface area contributed by atoms with Crippen LogP contribution in [-0.2, 0) is 0 Å². The van der Waals surface area contributed by atoms with Crippen LogP contribution in [0.25, 0.3) is 0 Å². The van der Waals surface area contributed by atoms with E-state index in [4.69, 9.17) is 0 Å². The van der Waals surface area contributed by atoms with Gasteiger partial charge >= 0.3 is 0 Å². The maximum absolute atomic E-state index is 9.36. The molecule has 0 saturated carbocycles. The highest BCUT2D eigenvalue weighted by Crippen LogP contribution is 2.15. The van der Waals surface area contributed by atoms with Crippen LogP contribution in [-0.4, -0.2) is 23.8 Å². The van der Waals surface area contributed by atoms with Crippen LogP contribution in [0.3, 0.4) is 0 Å². The second-order valence-corrected chi connectivity index (χ2v) is 5.25. The van der Waals surface area contributed by atoms with E-state index >= 15 is 0 Å². The van der Waals surface area contributed by atoms with E-state index in [1.54, 1.807) is 0 Å². The van der Waals surface area contributed by atoms with Crippen molar-refractivity contribution in [3.05, 3.63) is 0 Å². The molecule has 1 saturated heterocycles. The fraction of sp³-hybridized carbons (Fsp3) is 1.00. The summed E-state index contributed by atoms with van der Waals surface area (Å²) in [5, 5.41) is 12.8. The first kappa shape index (κ1) is 14.0. The second kappa shape index (κ2) is 9.00. The zero-order valence-corrected chi connectivity index (χ0v) is 10.9. The third-order valence-corrected chi connectivity index (χ3v) is 3.65. The van der Waals surface area contributed by atoms with Gasteiger partial charge in [0.25, 0.3) is 0 Å². The molecule has 0 bridgehead atoms. The number of piperidine rings is 1. The van der Waals surface area contributed by atoms with Crippen molar-refractivity contribution >= 4 is 0 Å². The largest absolute Gasteiger partial charge is 0.392 e. The van der Waals surface area contributed by atoms with E-state index in [2.05, 4.69) is 12.2 Å². The molecule has 0 aromatic carbocycles. The van der Waals surface area contributed by atoms with Gasteiger partial charge in [-0.25, -0.2) is 0 Å². The summed E-state index contributed by atoms with van der Waals surface area (Å²) in [6.07, 6.45) is 13.1. The van der Waals surface area contributed by atoms with Crippen LogP contribution in [0.2, 0.25) is 0 Å². The predicted molar refractivity (Wildman–Crippen MR) is 69.6 cm³/mol. The van der Waals surface area contributed by atoms with E-state index in [-0.39, 0.29) is 6.10 Å². The van der Waals surface area contributed by atoms with Gasteiger partial charge in [0, 0.05) is 12.6 Å². The predicted octanol–water partition coefficient (Wildman–Crippen LogP) is 3.24. The van der Waals surface area contributed by atoms with Crippen LogP contribution in [0.15, 0.2) is 0 Å². The average Bonchev–Trinajstić information content (AvgIpc) is 2.30. The van der Waals surface area contributed by atoms with Gasteiger partial charge in [0.1, 0.15) is 0 Å². The van der Waals surface area contributed by atoms with Gasteiger partial charge in [-0.05, 0) is 19.3 Å². The van der Waals surface area contributed by atoms with E-state index in [0.29, 0.717) is 6.04 Å². The Kier molecular flexibility index (Phi) is 7.87. The monoisotopic (exact) mass is 227 g/mol. The maximum Gasteiger partial charge on any atom is 0.0665 e. The molecule has 0 spiro atoms. The molecule has 0 amide bonds. The van der Waals surface area contributed by atoms with Crippen LogP contribution < -0.4 is 5.32 Å². The Balaban J connectivity index is 1.84. The molecule has 0 aromatic rings. The number of rotatable bonds is 8. The molecule has 2 atom stereocenters. The van der Waals surface area contributed by atoms with Gasteiger partial charge in [-0.2, -0.15) is 0 Å². The molecule has 1 aliphatic rings. The molecular formula is C14H29NO. The molecule has 0 aliphatic carbocycles. The highest BCUT2D eigenvalue weighted by molar-refractivity contribution is 4.76. The van der Waals surface area contributed by atoms with E-state index in [1.165, 1.54) is 51.4 Å².